The monoisotopic (exact) mass is 551 g/mol. The summed E-state index contributed by atoms with van der Waals surface area (Å²) in [6.07, 6.45) is -0.115. The van der Waals surface area contributed by atoms with Crippen LogP contribution in [0.3, 0.4) is 0 Å². The van der Waals surface area contributed by atoms with E-state index in [2.05, 4.69) is 5.32 Å². The molecule has 1 saturated heterocycles. The number of methoxy groups -OCH3 is 1. The van der Waals surface area contributed by atoms with Gasteiger partial charge in [0, 0.05) is 17.3 Å². The second-order valence-corrected chi connectivity index (χ2v) is 9.28. The number of hydrogen-bond donors (Lipinski definition) is 1. The number of rotatable bonds is 9. The van der Waals surface area contributed by atoms with E-state index in [1.165, 1.54) is 4.90 Å². The summed E-state index contributed by atoms with van der Waals surface area (Å²) in [7, 11) is 1.56. The van der Waals surface area contributed by atoms with E-state index in [1.807, 2.05) is 12.1 Å². The van der Waals surface area contributed by atoms with Crippen LogP contribution in [0.2, 0.25) is 5.02 Å². The van der Waals surface area contributed by atoms with Gasteiger partial charge in [-0.25, -0.2) is 4.79 Å². The summed E-state index contributed by atoms with van der Waals surface area (Å²) in [5.41, 5.74) is 2.32. The van der Waals surface area contributed by atoms with Gasteiger partial charge in [-0.3, -0.25) is 14.5 Å². The van der Waals surface area contributed by atoms with Crippen molar-refractivity contribution in [2.45, 2.75) is 25.9 Å². The third kappa shape index (κ3) is 6.12. The smallest absolute Gasteiger partial charge is 0.338 e. The third-order valence-electron chi connectivity index (χ3n) is 5.97. The van der Waals surface area contributed by atoms with Crippen LogP contribution in [0.4, 0.5) is 11.4 Å². The molecule has 3 aromatic carbocycles. The number of esters is 1. The van der Waals surface area contributed by atoms with Crippen molar-refractivity contribution >= 4 is 58.1 Å². The lowest BCUT2D eigenvalue weighted by Gasteiger charge is -2.24. The number of carbonyl (C=O) groups is 3. The highest BCUT2D eigenvalue weighted by molar-refractivity contribution is 7.80. The van der Waals surface area contributed by atoms with Gasteiger partial charge in [0.1, 0.15) is 11.8 Å². The van der Waals surface area contributed by atoms with Crippen LogP contribution in [-0.2, 0) is 20.9 Å². The Morgan fingerprint density at radius 1 is 1.00 bits per heavy atom. The fourth-order valence-electron chi connectivity index (χ4n) is 4.06. The van der Waals surface area contributed by atoms with E-state index < -0.39 is 12.0 Å². The Balaban J connectivity index is 1.58. The largest absolute Gasteiger partial charge is 0.497 e. The van der Waals surface area contributed by atoms with Gasteiger partial charge in [0.05, 0.1) is 31.4 Å². The average Bonchev–Trinajstić information content (AvgIpc) is 3.14. The van der Waals surface area contributed by atoms with Crippen LogP contribution in [0.15, 0.2) is 72.8 Å². The summed E-state index contributed by atoms with van der Waals surface area (Å²) in [4.78, 5) is 41.8. The van der Waals surface area contributed by atoms with Crippen LogP contribution < -0.4 is 15.0 Å². The Hall–Kier alpha value is -3.95. The molecule has 0 aromatic heterocycles. The van der Waals surface area contributed by atoms with Crippen molar-refractivity contribution in [3.05, 3.63) is 88.9 Å². The number of hydrogen-bond acceptors (Lipinski definition) is 6. The molecule has 0 aliphatic carbocycles. The number of carbonyl (C=O) groups excluding carboxylic acids is 3. The van der Waals surface area contributed by atoms with E-state index in [0.29, 0.717) is 34.3 Å². The van der Waals surface area contributed by atoms with E-state index in [1.54, 1.807) is 79.6 Å². The molecule has 8 nitrogen and oxygen atoms in total. The van der Waals surface area contributed by atoms with Gasteiger partial charge >= 0.3 is 5.97 Å². The molecule has 1 heterocycles. The van der Waals surface area contributed by atoms with Crippen molar-refractivity contribution in [1.82, 2.24) is 4.90 Å². The Kier molecular flexibility index (Phi) is 8.60. The minimum atomic E-state index is -0.832. The Labute approximate surface area is 231 Å². The third-order valence-corrected chi connectivity index (χ3v) is 6.64. The quantitative estimate of drug-likeness (QED) is 0.294. The summed E-state index contributed by atoms with van der Waals surface area (Å²) in [6, 6.07) is 19.7. The summed E-state index contributed by atoms with van der Waals surface area (Å²) in [6.45, 7) is 2.29. The van der Waals surface area contributed by atoms with Gasteiger partial charge in [0.25, 0.3) is 5.91 Å². The number of nitrogens with zero attached hydrogens (tertiary/aromatic N) is 2. The number of anilines is 2. The molecule has 2 amide bonds. The molecule has 1 fully saturated rings. The maximum Gasteiger partial charge on any atom is 0.338 e. The highest BCUT2D eigenvalue weighted by Crippen LogP contribution is 2.30. The SMILES string of the molecule is CCOC(=O)c1ccc(N2C(=O)[C@@H](CC(=O)Nc3ccc(OC)cc3)N(Cc3ccc(Cl)cc3)C2=S)cc1. The predicted octanol–water partition coefficient (Wildman–Crippen LogP) is 5.06. The molecule has 4 rings (SSSR count). The Morgan fingerprint density at radius 2 is 1.66 bits per heavy atom. The van der Waals surface area contributed by atoms with Crippen LogP contribution in [0, 0.1) is 0 Å². The zero-order chi connectivity index (χ0) is 27.2. The first-order valence-electron chi connectivity index (χ1n) is 11.9. The molecule has 1 N–H and O–H groups in total. The Morgan fingerprint density at radius 3 is 2.26 bits per heavy atom. The van der Waals surface area contributed by atoms with Crippen LogP contribution in [-0.4, -0.2) is 47.6 Å². The summed E-state index contributed by atoms with van der Waals surface area (Å²) in [5, 5.41) is 3.68. The van der Waals surface area contributed by atoms with Crippen molar-refractivity contribution in [2.75, 3.05) is 23.9 Å². The van der Waals surface area contributed by atoms with E-state index in [0.717, 1.165) is 5.56 Å². The molecule has 10 heteroatoms. The van der Waals surface area contributed by atoms with E-state index >= 15 is 0 Å². The van der Waals surface area contributed by atoms with Gasteiger partial charge in [-0.1, -0.05) is 23.7 Å². The molecule has 0 unspecified atom stereocenters. The van der Waals surface area contributed by atoms with Crippen molar-refractivity contribution in [3.8, 4) is 5.75 Å². The van der Waals surface area contributed by atoms with E-state index in [9.17, 15) is 14.4 Å². The molecule has 0 spiro atoms. The number of ether oxygens (including phenoxy) is 2. The molecule has 1 atom stereocenters. The second kappa shape index (κ2) is 12.1. The Bertz CT molecular complexity index is 1330. The lowest BCUT2D eigenvalue weighted by molar-refractivity contribution is -0.124. The minimum Gasteiger partial charge on any atom is -0.497 e. The van der Waals surface area contributed by atoms with Crippen LogP contribution in [0.25, 0.3) is 0 Å². The maximum absolute atomic E-state index is 13.7. The molecule has 0 radical (unpaired) electrons. The lowest BCUT2D eigenvalue weighted by atomic mass is 10.1. The second-order valence-electron chi connectivity index (χ2n) is 8.47. The lowest BCUT2D eigenvalue weighted by Crippen LogP contribution is -2.37. The number of benzene rings is 3. The molecule has 1 aliphatic heterocycles. The molecule has 1 aliphatic rings. The normalized spacial score (nSPS) is 15.0. The van der Waals surface area contributed by atoms with Crippen LogP contribution in [0.5, 0.6) is 5.75 Å². The predicted molar refractivity (Wildman–Crippen MR) is 150 cm³/mol. The molecule has 3 aromatic rings. The first-order chi connectivity index (χ1) is 18.3. The van der Waals surface area contributed by atoms with Gasteiger partial charge < -0.3 is 19.7 Å². The van der Waals surface area contributed by atoms with Crippen LogP contribution in [0.1, 0.15) is 29.3 Å². The van der Waals surface area contributed by atoms with Crippen molar-refractivity contribution in [1.29, 1.82) is 0 Å². The average molecular weight is 552 g/mol. The fourth-order valence-corrected chi connectivity index (χ4v) is 4.57. The van der Waals surface area contributed by atoms with E-state index in [-0.39, 0.29) is 30.0 Å². The number of amides is 2. The summed E-state index contributed by atoms with van der Waals surface area (Å²) in [5.74, 6) is -0.459. The molecule has 38 heavy (non-hydrogen) atoms. The standard InChI is InChI=1S/C28H26ClN3O5S/c1-3-37-27(35)19-6-12-22(13-7-19)32-26(34)24(16-25(33)30-21-10-14-23(36-2)15-11-21)31(28(32)38)17-18-4-8-20(29)9-5-18/h4-15,24H,3,16-17H2,1-2H3,(H,30,33)/t24-/m1/s1. The first kappa shape index (κ1) is 27.1. The maximum atomic E-state index is 13.7. The first-order valence-corrected chi connectivity index (χ1v) is 12.7. The fraction of sp³-hybridized carbons (Fsp3) is 0.214. The molecule has 196 valence electrons. The molecular weight excluding hydrogens is 526 g/mol. The number of thiocarbonyl (C=S) groups is 1. The zero-order valence-corrected chi connectivity index (χ0v) is 22.4. The van der Waals surface area contributed by atoms with Crippen molar-refractivity contribution in [3.63, 3.8) is 0 Å². The molecular formula is C28H26ClN3O5S. The summed E-state index contributed by atoms with van der Waals surface area (Å²) < 4.78 is 10.2. The van der Waals surface area contributed by atoms with Crippen molar-refractivity contribution in [2.24, 2.45) is 0 Å². The van der Waals surface area contributed by atoms with Gasteiger partial charge in [0.15, 0.2) is 5.11 Å². The van der Waals surface area contributed by atoms with Gasteiger partial charge in [-0.15, -0.1) is 0 Å². The highest BCUT2D eigenvalue weighted by Gasteiger charge is 2.44. The highest BCUT2D eigenvalue weighted by atomic mass is 35.5. The van der Waals surface area contributed by atoms with Gasteiger partial charge in [0.2, 0.25) is 5.91 Å². The zero-order valence-electron chi connectivity index (χ0n) is 20.8. The van der Waals surface area contributed by atoms with Gasteiger partial charge in [-0.2, -0.15) is 0 Å². The van der Waals surface area contributed by atoms with E-state index in [4.69, 9.17) is 33.3 Å². The number of halogens is 1. The topological polar surface area (TPSA) is 88.2 Å². The van der Waals surface area contributed by atoms with Crippen LogP contribution >= 0.6 is 23.8 Å². The van der Waals surface area contributed by atoms with Gasteiger partial charge in [-0.05, 0) is 85.4 Å². The van der Waals surface area contributed by atoms with Crippen molar-refractivity contribution < 1.29 is 23.9 Å². The molecule has 0 bridgehead atoms. The minimum absolute atomic E-state index is 0.115. The summed E-state index contributed by atoms with van der Waals surface area (Å²) >= 11 is 11.8. The molecule has 0 saturated carbocycles. The number of nitrogens with one attached hydrogen (secondary N) is 1.